The van der Waals surface area contributed by atoms with Gasteiger partial charge in [-0.15, -0.1) is 6.58 Å². The van der Waals surface area contributed by atoms with E-state index in [2.05, 4.69) is 11.9 Å². The Balaban J connectivity index is 2.85. The molecule has 0 fully saturated rings. The highest BCUT2D eigenvalue weighted by Crippen LogP contribution is 2.38. The van der Waals surface area contributed by atoms with E-state index in [4.69, 9.17) is 14.2 Å². The van der Waals surface area contributed by atoms with E-state index in [9.17, 15) is 13.2 Å². The van der Waals surface area contributed by atoms with E-state index in [1.54, 1.807) is 0 Å². The molecule has 0 aliphatic carbocycles. The summed E-state index contributed by atoms with van der Waals surface area (Å²) < 4.78 is 40.1. The van der Waals surface area contributed by atoms with Crippen molar-refractivity contribution in [2.45, 2.75) is 0 Å². The summed E-state index contributed by atoms with van der Waals surface area (Å²) in [4.78, 5) is 12.3. The minimum absolute atomic E-state index is 0.140. The number of carbonyl (C=O) groups is 1. The zero-order chi connectivity index (χ0) is 19.0. The maximum atomic E-state index is 12.3. The molecule has 0 saturated carbocycles. The summed E-state index contributed by atoms with van der Waals surface area (Å²) in [6.07, 6.45) is 2.60. The van der Waals surface area contributed by atoms with Crippen molar-refractivity contribution < 1.29 is 27.4 Å². The van der Waals surface area contributed by atoms with Gasteiger partial charge < -0.3 is 19.5 Å². The molecule has 0 aromatic heterocycles. The number of nitrogens with one attached hydrogen (secondary N) is 1. The Hall–Kier alpha value is -2.26. The molecule has 1 rings (SSSR count). The van der Waals surface area contributed by atoms with Gasteiger partial charge in [-0.25, -0.2) is 8.42 Å². The van der Waals surface area contributed by atoms with Crippen LogP contribution in [0.3, 0.4) is 0 Å². The lowest BCUT2D eigenvalue weighted by Gasteiger charge is -2.18. The predicted octanol–water partition coefficient (Wildman–Crippen LogP) is 0.890. The summed E-state index contributed by atoms with van der Waals surface area (Å²) in [6.45, 7) is 3.99. The fraction of sp³-hybridized carbons (Fsp3) is 0.438. The molecule has 0 heterocycles. The third-order valence-electron chi connectivity index (χ3n) is 3.38. The standard InChI is InChI=1S/C16H24N2O6S/c1-6-8-18(25(5,20)21)9-7-17-16(19)12-10-13(22-2)15(24-4)14(11-12)23-3/h6,10-11H,1,7-9H2,2-5H3,(H,17,19). The van der Waals surface area contributed by atoms with Gasteiger partial charge in [-0.3, -0.25) is 4.79 Å². The zero-order valence-corrected chi connectivity index (χ0v) is 15.7. The quantitative estimate of drug-likeness (QED) is 0.613. The number of sulfonamides is 1. The van der Waals surface area contributed by atoms with Gasteiger partial charge in [0.2, 0.25) is 15.8 Å². The summed E-state index contributed by atoms with van der Waals surface area (Å²) in [7, 11) is 1.02. The van der Waals surface area contributed by atoms with E-state index in [0.717, 1.165) is 6.26 Å². The number of hydrogen-bond donors (Lipinski definition) is 1. The predicted molar refractivity (Wildman–Crippen MR) is 95.0 cm³/mol. The maximum Gasteiger partial charge on any atom is 0.251 e. The molecular formula is C16H24N2O6S. The number of nitrogens with zero attached hydrogens (tertiary/aromatic N) is 1. The Morgan fingerprint density at radius 1 is 1.20 bits per heavy atom. The van der Waals surface area contributed by atoms with Crippen LogP contribution >= 0.6 is 0 Å². The Kier molecular flexibility index (Phi) is 7.72. The normalized spacial score (nSPS) is 11.1. The van der Waals surface area contributed by atoms with Crippen LogP contribution in [0.5, 0.6) is 17.2 Å². The highest BCUT2D eigenvalue weighted by Gasteiger charge is 2.18. The van der Waals surface area contributed by atoms with Gasteiger partial charge in [-0.05, 0) is 12.1 Å². The first-order valence-corrected chi connectivity index (χ1v) is 9.27. The molecule has 25 heavy (non-hydrogen) atoms. The van der Waals surface area contributed by atoms with Crippen LogP contribution in [0.2, 0.25) is 0 Å². The molecule has 0 saturated heterocycles. The molecule has 0 radical (unpaired) electrons. The summed E-state index contributed by atoms with van der Waals surface area (Å²) in [5, 5.41) is 2.67. The van der Waals surface area contributed by atoms with E-state index >= 15 is 0 Å². The maximum absolute atomic E-state index is 12.3. The molecule has 0 aliphatic rings. The lowest BCUT2D eigenvalue weighted by Crippen LogP contribution is -2.38. The van der Waals surface area contributed by atoms with Gasteiger partial charge in [-0.1, -0.05) is 6.08 Å². The highest BCUT2D eigenvalue weighted by molar-refractivity contribution is 7.88. The van der Waals surface area contributed by atoms with E-state index in [1.165, 1.54) is 43.8 Å². The van der Waals surface area contributed by atoms with Crippen molar-refractivity contribution in [1.29, 1.82) is 0 Å². The lowest BCUT2D eigenvalue weighted by atomic mass is 10.1. The van der Waals surface area contributed by atoms with Crippen LogP contribution < -0.4 is 19.5 Å². The molecule has 1 amide bonds. The van der Waals surface area contributed by atoms with Crippen molar-refractivity contribution in [3.05, 3.63) is 30.4 Å². The second-order valence-corrected chi connectivity index (χ2v) is 7.06. The van der Waals surface area contributed by atoms with Crippen LogP contribution in [-0.2, 0) is 10.0 Å². The molecular weight excluding hydrogens is 348 g/mol. The topological polar surface area (TPSA) is 94.2 Å². The molecule has 1 aromatic carbocycles. The van der Waals surface area contributed by atoms with Gasteiger partial charge in [0.05, 0.1) is 27.6 Å². The minimum Gasteiger partial charge on any atom is -0.493 e. The van der Waals surface area contributed by atoms with Crippen LogP contribution in [0.25, 0.3) is 0 Å². The molecule has 0 atom stereocenters. The fourth-order valence-corrected chi connectivity index (χ4v) is 2.94. The number of hydrogen-bond acceptors (Lipinski definition) is 6. The van der Waals surface area contributed by atoms with Crippen molar-refractivity contribution in [2.75, 3.05) is 47.2 Å². The van der Waals surface area contributed by atoms with Crippen LogP contribution in [0.15, 0.2) is 24.8 Å². The molecule has 0 unspecified atom stereocenters. The number of amides is 1. The SMILES string of the molecule is C=CCN(CCNC(=O)c1cc(OC)c(OC)c(OC)c1)S(C)(=O)=O. The van der Waals surface area contributed by atoms with Gasteiger partial charge in [0.15, 0.2) is 11.5 Å². The largest absolute Gasteiger partial charge is 0.493 e. The summed E-state index contributed by atoms with van der Waals surface area (Å²) >= 11 is 0. The van der Waals surface area contributed by atoms with E-state index < -0.39 is 10.0 Å². The van der Waals surface area contributed by atoms with Crippen LogP contribution in [0.1, 0.15) is 10.4 Å². The first-order valence-electron chi connectivity index (χ1n) is 7.42. The van der Waals surface area contributed by atoms with Gasteiger partial charge >= 0.3 is 0 Å². The third kappa shape index (κ3) is 5.64. The van der Waals surface area contributed by atoms with E-state index in [0.29, 0.717) is 22.8 Å². The van der Waals surface area contributed by atoms with Crippen molar-refractivity contribution in [3.63, 3.8) is 0 Å². The van der Waals surface area contributed by atoms with Crippen LogP contribution in [-0.4, -0.2) is 65.8 Å². The van der Waals surface area contributed by atoms with Crippen molar-refractivity contribution >= 4 is 15.9 Å². The Bertz CT molecular complexity index is 692. The van der Waals surface area contributed by atoms with E-state index in [1.807, 2.05) is 0 Å². The molecule has 0 bridgehead atoms. The second-order valence-electron chi connectivity index (χ2n) is 5.08. The molecule has 1 aromatic rings. The molecule has 1 N–H and O–H groups in total. The van der Waals surface area contributed by atoms with Crippen molar-refractivity contribution in [1.82, 2.24) is 9.62 Å². The van der Waals surface area contributed by atoms with Crippen LogP contribution in [0.4, 0.5) is 0 Å². The number of rotatable bonds is 10. The second kappa shape index (κ2) is 9.28. The summed E-state index contributed by atoms with van der Waals surface area (Å²) in [5.41, 5.74) is 0.309. The Morgan fingerprint density at radius 2 is 1.76 bits per heavy atom. The minimum atomic E-state index is -3.37. The average Bonchev–Trinajstić information content (AvgIpc) is 2.58. The highest BCUT2D eigenvalue weighted by atomic mass is 32.2. The molecule has 8 nitrogen and oxygen atoms in total. The number of ether oxygens (including phenoxy) is 3. The summed E-state index contributed by atoms with van der Waals surface area (Å²) in [5.74, 6) is 0.718. The van der Waals surface area contributed by atoms with Crippen LogP contribution in [0, 0.1) is 0 Å². The zero-order valence-electron chi connectivity index (χ0n) is 14.9. The number of carbonyl (C=O) groups excluding carboxylic acids is 1. The Morgan fingerprint density at radius 3 is 2.16 bits per heavy atom. The molecule has 140 valence electrons. The summed E-state index contributed by atoms with van der Waals surface area (Å²) in [6, 6.07) is 3.05. The number of benzene rings is 1. The Labute approximate surface area is 148 Å². The monoisotopic (exact) mass is 372 g/mol. The smallest absolute Gasteiger partial charge is 0.251 e. The van der Waals surface area contributed by atoms with Crippen molar-refractivity contribution in [3.8, 4) is 17.2 Å². The number of methoxy groups -OCH3 is 3. The third-order valence-corrected chi connectivity index (χ3v) is 4.65. The fourth-order valence-electron chi connectivity index (χ4n) is 2.14. The average molecular weight is 372 g/mol. The molecule has 0 spiro atoms. The van der Waals surface area contributed by atoms with Crippen molar-refractivity contribution in [2.24, 2.45) is 0 Å². The van der Waals surface area contributed by atoms with Gasteiger partial charge in [-0.2, -0.15) is 4.31 Å². The van der Waals surface area contributed by atoms with Gasteiger partial charge in [0, 0.05) is 25.2 Å². The molecule has 9 heteroatoms. The first-order chi connectivity index (χ1) is 11.8. The first kappa shape index (κ1) is 20.8. The van der Waals surface area contributed by atoms with Gasteiger partial charge in [0.25, 0.3) is 5.91 Å². The van der Waals surface area contributed by atoms with Gasteiger partial charge in [0.1, 0.15) is 0 Å². The lowest BCUT2D eigenvalue weighted by molar-refractivity contribution is 0.0951. The van der Waals surface area contributed by atoms with E-state index in [-0.39, 0.29) is 25.5 Å². The molecule has 0 aliphatic heterocycles.